The van der Waals surface area contributed by atoms with Crippen molar-refractivity contribution in [3.8, 4) is 11.5 Å². The van der Waals surface area contributed by atoms with E-state index in [2.05, 4.69) is 20.6 Å². The number of urea groups is 1. The first-order valence-corrected chi connectivity index (χ1v) is 14.6. The van der Waals surface area contributed by atoms with Crippen molar-refractivity contribution in [2.45, 2.75) is 29.3 Å². The largest absolute Gasteiger partial charge is 0.453 e. The van der Waals surface area contributed by atoms with Crippen molar-refractivity contribution < 1.29 is 36.2 Å². The number of aromatic nitrogens is 2. The maximum absolute atomic E-state index is 15.1. The molecule has 1 atom stereocenters. The summed E-state index contributed by atoms with van der Waals surface area (Å²) >= 11 is 1.52. The number of alkyl halides is 3. The molecule has 8 nitrogen and oxygen atoms in total. The Balaban J connectivity index is 1.23. The molecule has 1 aliphatic rings. The summed E-state index contributed by atoms with van der Waals surface area (Å²) in [6, 6.07) is 10.0. The molecular formula is C31H28F5N5O3S. The summed E-state index contributed by atoms with van der Waals surface area (Å²) in [5.41, 5.74) is 0.999. The molecule has 0 saturated heterocycles. The van der Waals surface area contributed by atoms with Crippen LogP contribution in [-0.4, -0.2) is 43.3 Å². The predicted molar refractivity (Wildman–Crippen MR) is 160 cm³/mol. The fourth-order valence-corrected chi connectivity index (χ4v) is 5.81. The maximum atomic E-state index is 15.1. The molecule has 45 heavy (non-hydrogen) atoms. The summed E-state index contributed by atoms with van der Waals surface area (Å²) in [6.07, 6.45) is -0.706. The van der Waals surface area contributed by atoms with Crippen molar-refractivity contribution in [3.63, 3.8) is 0 Å². The summed E-state index contributed by atoms with van der Waals surface area (Å²) in [5, 5.41) is 5.63. The summed E-state index contributed by atoms with van der Waals surface area (Å²) in [4.78, 5) is 23.2. The number of rotatable bonds is 10. The van der Waals surface area contributed by atoms with E-state index in [4.69, 9.17) is 9.47 Å². The Morgan fingerprint density at radius 2 is 1.87 bits per heavy atom. The molecule has 2 amide bonds. The lowest BCUT2D eigenvalue weighted by atomic mass is 10.1. The van der Waals surface area contributed by atoms with Crippen LogP contribution in [0.4, 0.5) is 38.1 Å². The molecule has 0 saturated carbocycles. The third kappa shape index (κ3) is 7.70. The highest BCUT2D eigenvalue weighted by atomic mass is 32.2. The SMILES string of the molecule is COCCNCc1ccc(C2Cc3nccc(Oc4ccc(NC(=O)N(C)c5cc(C(F)(F)F)ccc5F)cc4F)c3S2)nc1. The number of nitrogens with zero attached hydrogens (tertiary/aromatic N) is 3. The maximum Gasteiger partial charge on any atom is 0.416 e. The zero-order chi connectivity index (χ0) is 32.1. The summed E-state index contributed by atoms with van der Waals surface area (Å²) in [5.74, 6) is -1.55. The smallest absolute Gasteiger partial charge is 0.416 e. The highest BCUT2D eigenvalue weighted by Crippen LogP contribution is 2.50. The van der Waals surface area contributed by atoms with Gasteiger partial charge in [-0.05, 0) is 42.0 Å². The van der Waals surface area contributed by atoms with Crippen LogP contribution in [0.5, 0.6) is 11.5 Å². The zero-order valence-electron chi connectivity index (χ0n) is 24.1. The van der Waals surface area contributed by atoms with Gasteiger partial charge in [0.15, 0.2) is 11.6 Å². The molecule has 5 rings (SSSR count). The molecule has 0 fully saturated rings. The van der Waals surface area contributed by atoms with E-state index in [-0.39, 0.29) is 16.7 Å². The zero-order valence-corrected chi connectivity index (χ0v) is 24.9. The number of nitrogens with one attached hydrogen (secondary N) is 2. The molecule has 0 spiro atoms. The van der Waals surface area contributed by atoms with E-state index < -0.39 is 35.1 Å². The molecule has 0 radical (unpaired) electrons. The van der Waals surface area contributed by atoms with Gasteiger partial charge in [-0.15, -0.1) is 11.8 Å². The monoisotopic (exact) mass is 645 g/mol. The first kappa shape index (κ1) is 32.1. The van der Waals surface area contributed by atoms with Crippen LogP contribution in [0, 0.1) is 11.6 Å². The molecule has 1 aliphatic heterocycles. The van der Waals surface area contributed by atoms with Crippen molar-refractivity contribution in [1.82, 2.24) is 15.3 Å². The molecule has 2 N–H and O–H groups in total. The molecule has 0 bridgehead atoms. The summed E-state index contributed by atoms with van der Waals surface area (Å²) in [6.45, 7) is 2.03. The van der Waals surface area contributed by atoms with Gasteiger partial charge in [0.25, 0.3) is 0 Å². The third-order valence-corrected chi connectivity index (χ3v) is 8.28. The van der Waals surface area contributed by atoms with E-state index in [1.807, 2.05) is 18.3 Å². The Hall–Kier alpha value is -4.27. The fourth-order valence-electron chi connectivity index (χ4n) is 4.53. The van der Waals surface area contributed by atoms with Gasteiger partial charge in [-0.25, -0.2) is 13.6 Å². The number of hydrogen-bond donors (Lipinski definition) is 2. The van der Waals surface area contributed by atoms with Crippen LogP contribution in [0.1, 0.15) is 27.8 Å². The Bertz CT molecular complexity index is 1670. The predicted octanol–water partition coefficient (Wildman–Crippen LogP) is 7.36. The average Bonchev–Trinajstić information content (AvgIpc) is 3.46. The Kier molecular flexibility index (Phi) is 9.85. The van der Waals surface area contributed by atoms with Gasteiger partial charge in [0.05, 0.1) is 39.4 Å². The number of ether oxygens (including phenoxy) is 2. The normalized spacial score (nSPS) is 14.2. The summed E-state index contributed by atoms with van der Waals surface area (Å²) in [7, 11) is 2.75. The van der Waals surface area contributed by atoms with Crippen LogP contribution in [0.15, 0.2) is 71.9 Å². The number of halogens is 5. The number of amides is 2. The molecule has 4 aromatic rings. The van der Waals surface area contributed by atoms with Crippen LogP contribution in [0.2, 0.25) is 0 Å². The highest BCUT2D eigenvalue weighted by molar-refractivity contribution is 8.00. The van der Waals surface area contributed by atoms with E-state index in [0.29, 0.717) is 48.4 Å². The topological polar surface area (TPSA) is 88.6 Å². The van der Waals surface area contributed by atoms with Crippen molar-refractivity contribution in [3.05, 3.63) is 101 Å². The van der Waals surface area contributed by atoms with Crippen LogP contribution in [0.25, 0.3) is 0 Å². The van der Waals surface area contributed by atoms with E-state index in [9.17, 15) is 22.4 Å². The van der Waals surface area contributed by atoms with Crippen molar-refractivity contribution >= 4 is 29.2 Å². The summed E-state index contributed by atoms with van der Waals surface area (Å²) < 4.78 is 79.5. The minimum atomic E-state index is -4.72. The standard InChI is InChI=1S/C31H28F5N5O3S/c1-41(25-13-19(31(34,35)36)4-6-21(25)32)30(42)40-20-5-8-26(22(33)14-20)44-27-9-10-38-24-15-28(45-29(24)27)23-7-3-18(17-39-23)16-37-11-12-43-2/h3-10,13-14,17,28,37H,11-12,15-16H2,1-2H3,(H,40,42). The van der Waals surface area contributed by atoms with E-state index in [1.165, 1.54) is 23.9 Å². The van der Waals surface area contributed by atoms with E-state index in [1.54, 1.807) is 19.4 Å². The number of pyridine rings is 2. The van der Waals surface area contributed by atoms with Gasteiger partial charge in [-0.3, -0.25) is 14.9 Å². The van der Waals surface area contributed by atoms with Gasteiger partial charge in [0, 0.05) is 63.9 Å². The molecule has 2 aromatic heterocycles. The van der Waals surface area contributed by atoms with Crippen LogP contribution >= 0.6 is 11.8 Å². The van der Waals surface area contributed by atoms with Gasteiger partial charge in [0.1, 0.15) is 11.6 Å². The number of methoxy groups -OCH3 is 1. The lowest BCUT2D eigenvalue weighted by Gasteiger charge is -2.20. The Morgan fingerprint density at radius 1 is 1.04 bits per heavy atom. The number of carbonyl (C=O) groups is 1. The number of thioether (sulfide) groups is 1. The van der Waals surface area contributed by atoms with Crippen LogP contribution in [0.3, 0.4) is 0 Å². The Morgan fingerprint density at radius 3 is 2.58 bits per heavy atom. The fraction of sp³-hybridized carbons (Fsp3) is 0.258. The highest BCUT2D eigenvalue weighted by Gasteiger charge is 2.32. The first-order valence-electron chi connectivity index (χ1n) is 13.7. The third-order valence-electron chi connectivity index (χ3n) is 6.91. The molecule has 3 heterocycles. The molecule has 0 aliphatic carbocycles. The molecule has 2 aromatic carbocycles. The lowest BCUT2D eigenvalue weighted by Crippen LogP contribution is -2.32. The van der Waals surface area contributed by atoms with Crippen LogP contribution in [-0.2, 0) is 23.9 Å². The van der Waals surface area contributed by atoms with Crippen molar-refractivity contribution in [2.75, 3.05) is 37.5 Å². The first-order chi connectivity index (χ1) is 21.5. The Labute approximate surface area is 260 Å². The van der Waals surface area contributed by atoms with Crippen LogP contribution < -0.4 is 20.3 Å². The molecule has 1 unspecified atom stereocenters. The minimum Gasteiger partial charge on any atom is -0.453 e. The van der Waals surface area contributed by atoms with Gasteiger partial charge in [0.2, 0.25) is 0 Å². The number of carbonyl (C=O) groups excluding carboxylic acids is 1. The van der Waals surface area contributed by atoms with Crippen molar-refractivity contribution in [1.29, 1.82) is 0 Å². The van der Waals surface area contributed by atoms with E-state index >= 15 is 4.39 Å². The van der Waals surface area contributed by atoms with Gasteiger partial charge < -0.3 is 20.1 Å². The lowest BCUT2D eigenvalue weighted by molar-refractivity contribution is -0.137. The second-order valence-electron chi connectivity index (χ2n) is 10.1. The van der Waals surface area contributed by atoms with E-state index in [0.717, 1.165) is 41.5 Å². The molecular weight excluding hydrogens is 617 g/mol. The van der Waals surface area contributed by atoms with Crippen molar-refractivity contribution in [2.24, 2.45) is 0 Å². The molecule has 236 valence electrons. The number of fused-ring (bicyclic) bond motifs is 1. The minimum absolute atomic E-state index is 0.00571. The number of benzene rings is 2. The number of anilines is 2. The average molecular weight is 646 g/mol. The second kappa shape index (κ2) is 13.8. The van der Waals surface area contributed by atoms with Gasteiger partial charge in [-0.2, -0.15) is 13.2 Å². The second-order valence-corrected chi connectivity index (χ2v) is 11.3. The van der Waals surface area contributed by atoms with Gasteiger partial charge in [-0.1, -0.05) is 6.07 Å². The number of hydrogen-bond acceptors (Lipinski definition) is 7. The quantitative estimate of drug-likeness (QED) is 0.138. The van der Waals surface area contributed by atoms with Gasteiger partial charge >= 0.3 is 12.2 Å². The molecule has 14 heteroatoms.